The Hall–Kier alpha value is -1.33. The third kappa shape index (κ3) is 4.87. The highest BCUT2D eigenvalue weighted by molar-refractivity contribution is 5.96. The topological polar surface area (TPSA) is 102 Å². The van der Waals surface area contributed by atoms with Crippen molar-refractivity contribution in [1.29, 1.82) is 0 Å². The summed E-state index contributed by atoms with van der Waals surface area (Å²) in [5, 5.41) is 12.4. The Bertz CT molecular complexity index is 1180. The summed E-state index contributed by atoms with van der Waals surface area (Å²) >= 11 is 0. The summed E-state index contributed by atoms with van der Waals surface area (Å²) in [6.07, 6.45) is 10.4. The molecule has 3 heterocycles. The van der Waals surface area contributed by atoms with Crippen molar-refractivity contribution in [2.45, 2.75) is 147 Å². The van der Waals surface area contributed by atoms with E-state index in [1.165, 1.54) is 12.7 Å². The molecule has 14 atom stereocenters. The maximum atomic E-state index is 12.8. The first-order chi connectivity index (χ1) is 21.0. The van der Waals surface area contributed by atoms with Gasteiger partial charge in [0, 0.05) is 11.8 Å². The minimum Gasteiger partial charge on any atom is -0.493 e. The average molecular weight is 617 g/mol. The predicted octanol–water partition coefficient (Wildman–Crippen LogP) is 5.19. The smallest absolute Gasteiger partial charge is 0.252 e. The van der Waals surface area contributed by atoms with Crippen LogP contribution in [0.3, 0.4) is 0 Å². The molecule has 7 rings (SSSR count). The van der Waals surface area contributed by atoms with E-state index in [9.17, 15) is 9.90 Å². The van der Waals surface area contributed by atoms with Gasteiger partial charge in [0.05, 0.1) is 43.2 Å². The van der Waals surface area contributed by atoms with Crippen LogP contribution < -0.4 is 0 Å². The molecular formula is C35H52O9. The highest BCUT2D eigenvalue weighted by Crippen LogP contribution is 2.68. The molecule has 0 aromatic rings. The minimum atomic E-state index is -0.908. The number of aliphatic hydroxyl groups is 1. The Kier molecular flexibility index (Phi) is 8.12. The third-order valence-electron chi connectivity index (χ3n) is 13.2. The molecule has 0 amide bonds. The quantitative estimate of drug-likeness (QED) is 0.404. The summed E-state index contributed by atoms with van der Waals surface area (Å²) < 4.78 is 41.6. The largest absolute Gasteiger partial charge is 0.493 e. The van der Waals surface area contributed by atoms with Crippen LogP contribution in [0.1, 0.15) is 92.4 Å². The predicted molar refractivity (Wildman–Crippen MR) is 160 cm³/mol. The molecule has 4 aliphatic carbocycles. The first kappa shape index (κ1) is 31.3. The van der Waals surface area contributed by atoms with Crippen LogP contribution in [-0.4, -0.2) is 79.6 Å². The van der Waals surface area contributed by atoms with Crippen LogP contribution >= 0.6 is 0 Å². The fourth-order valence-corrected chi connectivity index (χ4v) is 10.6. The van der Waals surface area contributed by atoms with Crippen molar-refractivity contribution in [3.8, 4) is 0 Å². The lowest BCUT2D eigenvalue weighted by Crippen LogP contribution is -2.59. The number of hydrogen-bond acceptors (Lipinski definition) is 9. The van der Waals surface area contributed by atoms with Crippen LogP contribution in [0, 0.1) is 28.6 Å². The molecule has 0 spiro atoms. The zero-order chi connectivity index (χ0) is 31.0. The summed E-state index contributed by atoms with van der Waals surface area (Å²) in [5.41, 5.74) is 0.464. The van der Waals surface area contributed by atoms with Crippen molar-refractivity contribution >= 4 is 5.78 Å². The van der Waals surface area contributed by atoms with E-state index >= 15 is 0 Å². The number of carbonyl (C=O) groups is 1. The zero-order valence-electron chi connectivity index (χ0n) is 27.3. The molecule has 246 valence electrons. The SMILES string of the molecule is COC1=CC(C)OC(O[C@H]2CC[C@@]3(C)C(=CC[C@@H]4[C@@H]3CC[C@@]3(C)[C@H]4CC[C@]3(O)[C@H](C)O[C@H]3C[C@H]4OCO[C@@H]4[C@@H](C)O3)C2)C1=O. The number of ketones is 1. The molecule has 0 bridgehead atoms. The molecular weight excluding hydrogens is 564 g/mol. The van der Waals surface area contributed by atoms with Crippen LogP contribution in [0.5, 0.6) is 0 Å². The van der Waals surface area contributed by atoms with Gasteiger partial charge in [-0.2, -0.15) is 0 Å². The summed E-state index contributed by atoms with van der Waals surface area (Å²) in [7, 11) is 1.52. The van der Waals surface area contributed by atoms with E-state index in [1.54, 1.807) is 6.08 Å². The van der Waals surface area contributed by atoms with Gasteiger partial charge in [0.25, 0.3) is 5.78 Å². The van der Waals surface area contributed by atoms with Crippen molar-refractivity contribution < 1.29 is 43.1 Å². The molecule has 0 radical (unpaired) electrons. The standard InChI is InChI=1S/C35H52O9/c1-19-15-27(38-6)30(36)32(41-19)44-23-9-12-33(4)22(16-23)7-8-24-25(33)10-13-34(5)26(24)11-14-35(34,37)21(3)43-29-17-28-31(20(2)42-29)40-18-39-28/h7,15,19-21,23-26,28-29,31-32,37H,8-14,16-18H2,1-6H3/t19?,20-,21+,23+,24-,25+,26+,28-,29+,31-,32?,33+,34+,35+/m1/s1. The van der Waals surface area contributed by atoms with E-state index < -0.39 is 18.2 Å². The lowest BCUT2D eigenvalue weighted by molar-refractivity contribution is -0.277. The van der Waals surface area contributed by atoms with Gasteiger partial charge in [-0.05, 0) is 101 Å². The second-order valence-corrected chi connectivity index (χ2v) is 15.2. The molecule has 44 heavy (non-hydrogen) atoms. The van der Waals surface area contributed by atoms with Gasteiger partial charge in [0.15, 0.2) is 12.0 Å². The van der Waals surface area contributed by atoms with Crippen molar-refractivity contribution in [2.75, 3.05) is 13.9 Å². The van der Waals surface area contributed by atoms with Gasteiger partial charge in [-0.25, -0.2) is 0 Å². The maximum Gasteiger partial charge on any atom is 0.252 e. The summed E-state index contributed by atoms with van der Waals surface area (Å²) in [4.78, 5) is 12.8. The van der Waals surface area contributed by atoms with Crippen molar-refractivity contribution in [2.24, 2.45) is 28.6 Å². The molecule has 0 aromatic carbocycles. The zero-order valence-corrected chi connectivity index (χ0v) is 27.3. The van der Waals surface area contributed by atoms with E-state index in [-0.39, 0.29) is 53.2 Å². The molecule has 5 fully saturated rings. The number of allylic oxidation sites excluding steroid dienone is 1. The fraction of sp³-hybridized carbons (Fsp3) is 0.857. The van der Waals surface area contributed by atoms with Crippen LogP contribution in [0.2, 0.25) is 0 Å². The number of Topliss-reactive ketones (excluding diaryl/α,β-unsaturated/α-hetero) is 1. The molecule has 2 saturated heterocycles. The van der Waals surface area contributed by atoms with E-state index in [2.05, 4.69) is 19.9 Å². The Morgan fingerprint density at radius 2 is 1.84 bits per heavy atom. The lowest BCUT2D eigenvalue weighted by atomic mass is 9.46. The van der Waals surface area contributed by atoms with E-state index in [4.69, 9.17) is 33.2 Å². The number of fused-ring (bicyclic) bond motifs is 6. The second kappa shape index (κ2) is 11.4. The van der Waals surface area contributed by atoms with Crippen LogP contribution in [0.4, 0.5) is 0 Å². The summed E-state index contributed by atoms with van der Waals surface area (Å²) in [6, 6.07) is 0. The minimum absolute atomic E-state index is 0.0173. The van der Waals surface area contributed by atoms with Crippen LogP contribution in [0.25, 0.3) is 0 Å². The monoisotopic (exact) mass is 616 g/mol. The van der Waals surface area contributed by atoms with Crippen LogP contribution in [0.15, 0.2) is 23.5 Å². The second-order valence-electron chi connectivity index (χ2n) is 15.2. The number of methoxy groups -OCH3 is 1. The summed E-state index contributed by atoms with van der Waals surface area (Å²) in [5.74, 6) is 1.65. The lowest BCUT2D eigenvalue weighted by Gasteiger charge is -2.59. The Balaban J connectivity index is 1.03. The average Bonchev–Trinajstić information content (AvgIpc) is 3.58. The van der Waals surface area contributed by atoms with Gasteiger partial charge in [0.2, 0.25) is 6.29 Å². The third-order valence-corrected chi connectivity index (χ3v) is 13.2. The Morgan fingerprint density at radius 3 is 2.64 bits per heavy atom. The molecule has 0 aromatic heterocycles. The number of carbonyl (C=O) groups excluding carboxylic acids is 1. The van der Waals surface area contributed by atoms with Crippen molar-refractivity contribution in [3.05, 3.63) is 23.5 Å². The Labute approximate surface area is 261 Å². The van der Waals surface area contributed by atoms with E-state index in [0.29, 0.717) is 36.7 Å². The van der Waals surface area contributed by atoms with Gasteiger partial charge in [-0.3, -0.25) is 4.79 Å². The Morgan fingerprint density at radius 1 is 1.05 bits per heavy atom. The highest BCUT2D eigenvalue weighted by Gasteiger charge is 2.65. The van der Waals surface area contributed by atoms with Gasteiger partial charge in [0.1, 0.15) is 12.9 Å². The molecule has 3 aliphatic heterocycles. The van der Waals surface area contributed by atoms with Gasteiger partial charge in [-0.15, -0.1) is 0 Å². The fourth-order valence-electron chi connectivity index (χ4n) is 10.6. The first-order valence-electron chi connectivity index (χ1n) is 17.0. The van der Waals surface area contributed by atoms with Crippen molar-refractivity contribution in [3.63, 3.8) is 0 Å². The molecule has 1 N–H and O–H groups in total. The normalized spacial score (nSPS) is 50.9. The molecule has 3 saturated carbocycles. The van der Waals surface area contributed by atoms with Gasteiger partial charge >= 0.3 is 0 Å². The summed E-state index contributed by atoms with van der Waals surface area (Å²) in [6.45, 7) is 11.0. The number of ether oxygens (including phenoxy) is 7. The van der Waals surface area contributed by atoms with E-state index in [1.807, 2.05) is 20.8 Å². The first-order valence-corrected chi connectivity index (χ1v) is 17.0. The van der Waals surface area contributed by atoms with Crippen molar-refractivity contribution in [1.82, 2.24) is 0 Å². The van der Waals surface area contributed by atoms with Crippen LogP contribution in [-0.2, 0) is 38.0 Å². The highest BCUT2D eigenvalue weighted by atomic mass is 16.7. The van der Waals surface area contributed by atoms with Gasteiger partial charge in [-0.1, -0.05) is 25.5 Å². The van der Waals surface area contributed by atoms with Gasteiger partial charge < -0.3 is 38.3 Å². The molecule has 2 unspecified atom stereocenters. The number of hydrogen-bond donors (Lipinski definition) is 1. The molecule has 9 nitrogen and oxygen atoms in total. The number of rotatable bonds is 6. The molecule has 7 aliphatic rings. The maximum absolute atomic E-state index is 12.8. The van der Waals surface area contributed by atoms with E-state index in [0.717, 1.165) is 51.4 Å². The molecule has 9 heteroatoms.